The number of benzene rings is 2. The highest BCUT2D eigenvalue weighted by molar-refractivity contribution is 7.12. The fourth-order valence-corrected chi connectivity index (χ4v) is 4.79. The highest BCUT2D eigenvalue weighted by atomic mass is 32.1. The number of thiophene rings is 1. The van der Waals surface area contributed by atoms with Gasteiger partial charge in [-0.25, -0.2) is 0 Å². The SMILES string of the molecule is COc1ccccc1CN1CCC(N(C(=O)c2cccs2)c2ccc(C)cc2)CC1. The molecule has 156 valence electrons. The number of methoxy groups -OCH3 is 1. The van der Waals surface area contributed by atoms with Crippen molar-refractivity contribution in [2.75, 3.05) is 25.1 Å². The molecule has 0 saturated carbocycles. The number of rotatable bonds is 6. The third-order valence-electron chi connectivity index (χ3n) is 5.77. The molecule has 5 heteroatoms. The van der Waals surface area contributed by atoms with E-state index in [4.69, 9.17) is 4.74 Å². The molecule has 0 spiro atoms. The van der Waals surface area contributed by atoms with Crippen LogP contribution in [0.25, 0.3) is 0 Å². The fourth-order valence-electron chi connectivity index (χ4n) is 4.13. The number of carbonyl (C=O) groups excluding carboxylic acids is 1. The van der Waals surface area contributed by atoms with Crippen molar-refractivity contribution in [1.29, 1.82) is 0 Å². The minimum absolute atomic E-state index is 0.108. The standard InChI is InChI=1S/C25H28N2O2S/c1-19-9-11-21(12-10-19)27(25(28)24-8-5-17-30-24)22-13-15-26(16-14-22)18-20-6-3-4-7-23(20)29-2/h3-12,17,22H,13-16,18H2,1-2H3. The van der Waals surface area contributed by atoms with Crippen LogP contribution < -0.4 is 9.64 Å². The van der Waals surface area contributed by atoms with Crippen LogP contribution in [0.3, 0.4) is 0 Å². The first-order valence-corrected chi connectivity index (χ1v) is 11.3. The van der Waals surface area contributed by atoms with Gasteiger partial charge in [0, 0.05) is 36.9 Å². The third kappa shape index (κ3) is 4.58. The lowest BCUT2D eigenvalue weighted by atomic mass is 10.0. The van der Waals surface area contributed by atoms with Crippen molar-refractivity contribution in [2.24, 2.45) is 0 Å². The van der Waals surface area contributed by atoms with E-state index < -0.39 is 0 Å². The second-order valence-corrected chi connectivity index (χ2v) is 8.75. The van der Waals surface area contributed by atoms with Gasteiger partial charge < -0.3 is 9.64 Å². The molecule has 0 N–H and O–H groups in total. The summed E-state index contributed by atoms with van der Waals surface area (Å²) in [7, 11) is 1.72. The van der Waals surface area contributed by atoms with Crippen molar-refractivity contribution in [1.82, 2.24) is 4.90 Å². The maximum atomic E-state index is 13.4. The van der Waals surface area contributed by atoms with E-state index in [1.807, 2.05) is 34.5 Å². The molecule has 0 atom stereocenters. The fraction of sp³-hybridized carbons (Fsp3) is 0.320. The van der Waals surface area contributed by atoms with Crippen molar-refractivity contribution in [3.63, 3.8) is 0 Å². The summed E-state index contributed by atoms with van der Waals surface area (Å²) >= 11 is 1.51. The average Bonchev–Trinajstić information content (AvgIpc) is 3.32. The number of carbonyl (C=O) groups is 1. The summed E-state index contributed by atoms with van der Waals surface area (Å²) in [6, 6.07) is 20.6. The van der Waals surface area contributed by atoms with Crippen LogP contribution in [0.15, 0.2) is 66.0 Å². The molecule has 1 amide bonds. The summed E-state index contributed by atoms with van der Waals surface area (Å²) in [5.74, 6) is 1.05. The quantitative estimate of drug-likeness (QED) is 0.537. The second-order valence-electron chi connectivity index (χ2n) is 7.81. The summed E-state index contributed by atoms with van der Waals surface area (Å²) in [4.78, 5) is 18.6. The Kier molecular flexibility index (Phi) is 6.50. The smallest absolute Gasteiger partial charge is 0.268 e. The second kappa shape index (κ2) is 9.45. The molecule has 0 radical (unpaired) electrons. The first-order valence-electron chi connectivity index (χ1n) is 10.4. The molecule has 2 aromatic carbocycles. The maximum absolute atomic E-state index is 13.4. The predicted molar refractivity (Wildman–Crippen MR) is 124 cm³/mol. The summed E-state index contributed by atoms with van der Waals surface area (Å²) in [6.45, 7) is 4.87. The van der Waals surface area contributed by atoms with E-state index in [1.54, 1.807) is 7.11 Å². The summed E-state index contributed by atoms with van der Waals surface area (Å²) in [5, 5.41) is 1.97. The number of hydrogen-bond acceptors (Lipinski definition) is 4. The Hall–Kier alpha value is -2.63. The molecule has 1 fully saturated rings. The highest BCUT2D eigenvalue weighted by Gasteiger charge is 2.30. The van der Waals surface area contributed by atoms with Crippen molar-refractivity contribution < 1.29 is 9.53 Å². The van der Waals surface area contributed by atoms with E-state index in [1.165, 1.54) is 22.5 Å². The molecular formula is C25H28N2O2S. The molecule has 2 heterocycles. The number of hydrogen-bond donors (Lipinski definition) is 0. The molecule has 4 rings (SSSR count). The van der Waals surface area contributed by atoms with Gasteiger partial charge in [-0.3, -0.25) is 9.69 Å². The minimum Gasteiger partial charge on any atom is -0.496 e. The van der Waals surface area contributed by atoms with Crippen LogP contribution in [0.4, 0.5) is 5.69 Å². The van der Waals surface area contributed by atoms with Crippen LogP contribution in [0.2, 0.25) is 0 Å². The average molecular weight is 421 g/mol. The lowest BCUT2D eigenvalue weighted by Gasteiger charge is -2.38. The van der Waals surface area contributed by atoms with Crippen molar-refractivity contribution in [3.05, 3.63) is 82.0 Å². The number of piperidine rings is 1. The van der Waals surface area contributed by atoms with Gasteiger partial charge in [0.05, 0.1) is 12.0 Å². The highest BCUT2D eigenvalue weighted by Crippen LogP contribution is 2.29. The number of amides is 1. The van der Waals surface area contributed by atoms with Crippen LogP contribution in [0, 0.1) is 6.92 Å². The molecule has 1 saturated heterocycles. The first-order chi connectivity index (χ1) is 14.7. The van der Waals surface area contributed by atoms with Gasteiger partial charge in [-0.1, -0.05) is 42.0 Å². The Morgan fingerprint density at radius 3 is 2.47 bits per heavy atom. The largest absolute Gasteiger partial charge is 0.496 e. The zero-order valence-electron chi connectivity index (χ0n) is 17.6. The van der Waals surface area contributed by atoms with E-state index >= 15 is 0 Å². The van der Waals surface area contributed by atoms with Crippen LogP contribution in [-0.2, 0) is 6.54 Å². The Morgan fingerprint density at radius 1 is 1.07 bits per heavy atom. The monoisotopic (exact) mass is 420 g/mol. The van der Waals surface area contributed by atoms with E-state index in [-0.39, 0.29) is 11.9 Å². The Balaban J connectivity index is 1.49. The van der Waals surface area contributed by atoms with Gasteiger partial charge >= 0.3 is 0 Å². The molecule has 30 heavy (non-hydrogen) atoms. The Labute approximate surface area is 182 Å². The van der Waals surface area contributed by atoms with Gasteiger partial charge in [0.2, 0.25) is 0 Å². The van der Waals surface area contributed by atoms with E-state index in [0.717, 1.165) is 48.8 Å². The normalized spacial score (nSPS) is 15.1. The summed E-state index contributed by atoms with van der Waals surface area (Å²) < 4.78 is 5.51. The van der Waals surface area contributed by atoms with Gasteiger partial charge in [-0.05, 0) is 49.4 Å². The lowest BCUT2D eigenvalue weighted by Crippen LogP contribution is -2.47. The van der Waals surface area contributed by atoms with Crippen LogP contribution in [0.1, 0.15) is 33.6 Å². The van der Waals surface area contributed by atoms with E-state index in [9.17, 15) is 4.79 Å². The molecule has 0 bridgehead atoms. The Bertz CT molecular complexity index is 961. The Morgan fingerprint density at radius 2 is 1.80 bits per heavy atom. The number of para-hydroxylation sites is 1. The number of anilines is 1. The molecule has 1 aromatic heterocycles. The van der Waals surface area contributed by atoms with Gasteiger partial charge in [-0.2, -0.15) is 0 Å². The molecule has 0 aliphatic carbocycles. The van der Waals surface area contributed by atoms with Gasteiger partial charge in [0.1, 0.15) is 5.75 Å². The summed E-state index contributed by atoms with van der Waals surface area (Å²) in [6.07, 6.45) is 1.92. The zero-order valence-corrected chi connectivity index (χ0v) is 18.4. The molecule has 1 aliphatic rings. The molecule has 3 aromatic rings. The number of ether oxygens (including phenoxy) is 1. The number of likely N-dealkylation sites (tertiary alicyclic amines) is 1. The molecule has 4 nitrogen and oxygen atoms in total. The maximum Gasteiger partial charge on any atom is 0.268 e. The number of aryl methyl sites for hydroxylation is 1. The van der Waals surface area contributed by atoms with Gasteiger partial charge in [-0.15, -0.1) is 11.3 Å². The van der Waals surface area contributed by atoms with Crippen molar-refractivity contribution in [2.45, 2.75) is 32.4 Å². The third-order valence-corrected chi connectivity index (χ3v) is 6.63. The predicted octanol–water partition coefficient (Wildman–Crippen LogP) is 5.38. The molecular weight excluding hydrogens is 392 g/mol. The zero-order chi connectivity index (χ0) is 20.9. The van der Waals surface area contributed by atoms with Crippen molar-refractivity contribution >= 4 is 22.9 Å². The van der Waals surface area contributed by atoms with Crippen LogP contribution >= 0.6 is 11.3 Å². The molecule has 1 aliphatic heterocycles. The van der Waals surface area contributed by atoms with E-state index in [0.29, 0.717) is 0 Å². The summed E-state index contributed by atoms with van der Waals surface area (Å²) in [5.41, 5.74) is 3.40. The van der Waals surface area contributed by atoms with Crippen molar-refractivity contribution in [3.8, 4) is 5.75 Å². The number of nitrogens with zero attached hydrogens (tertiary/aromatic N) is 2. The van der Waals surface area contributed by atoms with Gasteiger partial charge in [0.25, 0.3) is 5.91 Å². The van der Waals surface area contributed by atoms with Crippen LogP contribution in [0.5, 0.6) is 5.75 Å². The van der Waals surface area contributed by atoms with Crippen LogP contribution in [-0.4, -0.2) is 37.0 Å². The molecule has 0 unspecified atom stereocenters. The first kappa shape index (κ1) is 20.6. The lowest BCUT2D eigenvalue weighted by molar-refractivity contribution is 0.0962. The van der Waals surface area contributed by atoms with E-state index in [2.05, 4.69) is 48.2 Å². The minimum atomic E-state index is 0.108. The van der Waals surface area contributed by atoms with Gasteiger partial charge in [0.15, 0.2) is 0 Å². The topological polar surface area (TPSA) is 32.8 Å².